The fraction of sp³-hybridized carbons (Fsp3) is 0.667. The van der Waals surface area contributed by atoms with E-state index in [4.69, 9.17) is 15.2 Å². The van der Waals surface area contributed by atoms with Crippen molar-refractivity contribution in [2.75, 3.05) is 0 Å². The number of amides is 1. The number of nitrogens with two attached hydrogens (primary N) is 1. The van der Waals surface area contributed by atoms with E-state index in [1.54, 1.807) is 51.1 Å². The van der Waals surface area contributed by atoms with E-state index in [0.717, 1.165) is 32.1 Å². The lowest BCUT2D eigenvalue weighted by Crippen LogP contribution is -2.62. The first-order valence-corrected chi connectivity index (χ1v) is 11.4. The first-order chi connectivity index (χ1) is 15.4. The van der Waals surface area contributed by atoms with Gasteiger partial charge < -0.3 is 25.6 Å². The minimum atomic E-state index is -4.08. The number of aliphatic hydroxyl groups is 1. The lowest BCUT2D eigenvalue weighted by Gasteiger charge is -2.34. The van der Waals surface area contributed by atoms with Crippen LogP contribution in [0.1, 0.15) is 64.9 Å². The predicted octanol–water partition coefficient (Wildman–Crippen LogP) is 3.92. The third-order valence-corrected chi connectivity index (χ3v) is 5.64. The number of halogens is 2. The Kier molecular flexibility index (Phi) is 9.60. The van der Waals surface area contributed by atoms with Gasteiger partial charge in [-0.05, 0) is 38.7 Å². The van der Waals surface area contributed by atoms with Crippen LogP contribution >= 0.6 is 0 Å². The number of rotatable bonds is 9. The highest BCUT2D eigenvalue weighted by molar-refractivity contribution is 5.82. The number of nitrogens with one attached hydrogen (secondary N) is 1. The van der Waals surface area contributed by atoms with Gasteiger partial charge in [-0.15, -0.1) is 0 Å². The summed E-state index contributed by atoms with van der Waals surface area (Å²) in [5.74, 6) is -5.33. The molecule has 33 heavy (non-hydrogen) atoms. The number of hydrogen-bond donors (Lipinski definition) is 3. The van der Waals surface area contributed by atoms with E-state index in [2.05, 4.69) is 0 Å². The summed E-state index contributed by atoms with van der Waals surface area (Å²) in [6.07, 6.45) is 1.45. The number of alkyl halides is 2. The molecule has 1 aromatic carbocycles. The van der Waals surface area contributed by atoms with Gasteiger partial charge in [-0.1, -0.05) is 62.4 Å². The Bertz CT molecular complexity index is 764. The van der Waals surface area contributed by atoms with Crippen molar-refractivity contribution in [2.24, 2.45) is 11.7 Å². The van der Waals surface area contributed by atoms with Crippen molar-refractivity contribution in [1.29, 1.82) is 0 Å². The van der Waals surface area contributed by atoms with Gasteiger partial charge in [0.05, 0.1) is 0 Å². The molecule has 2 rings (SSSR count). The summed E-state index contributed by atoms with van der Waals surface area (Å²) in [5, 5.41) is 12.3. The van der Waals surface area contributed by atoms with Crippen LogP contribution in [-0.4, -0.2) is 46.9 Å². The summed E-state index contributed by atoms with van der Waals surface area (Å²) in [6, 6.07) is 4.77. The molecule has 1 amide bonds. The van der Waals surface area contributed by atoms with Crippen molar-refractivity contribution >= 4 is 12.1 Å². The second kappa shape index (κ2) is 11.7. The molecule has 3 unspecified atom stereocenters. The Morgan fingerprint density at radius 2 is 1.76 bits per heavy atom. The van der Waals surface area contributed by atoms with Crippen molar-refractivity contribution in [3.05, 3.63) is 35.9 Å². The molecule has 0 aromatic heterocycles. The van der Waals surface area contributed by atoms with Crippen LogP contribution < -0.4 is 11.1 Å². The van der Waals surface area contributed by atoms with Crippen molar-refractivity contribution < 1.29 is 33.0 Å². The molecule has 0 bridgehead atoms. The SMILES string of the molecule is CC(C)(C)OC(=O)NC(C(=O)OCc1ccccc1)C(F)(F)C(O)C(N)CC1CCCCC1. The fourth-order valence-corrected chi connectivity index (χ4v) is 3.94. The minimum absolute atomic E-state index is 0.140. The molecule has 1 aliphatic carbocycles. The van der Waals surface area contributed by atoms with E-state index < -0.39 is 41.8 Å². The Labute approximate surface area is 194 Å². The first-order valence-electron chi connectivity index (χ1n) is 11.4. The molecule has 7 nitrogen and oxygen atoms in total. The number of ether oxygens (including phenoxy) is 2. The average molecular weight is 471 g/mol. The van der Waals surface area contributed by atoms with Crippen molar-refractivity contribution in [3.63, 3.8) is 0 Å². The molecule has 9 heteroatoms. The number of carbonyl (C=O) groups is 2. The number of aliphatic hydroxyl groups excluding tert-OH is 1. The van der Waals surface area contributed by atoms with Crippen LogP contribution in [0.4, 0.5) is 13.6 Å². The molecule has 186 valence electrons. The molecule has 1 aliphatic rings. The molecule has 1 fully saturated rings. The molecule has 0 radical (unpaired) electrons. The van der Waals surface area contributed by atoms with Crippen LogP contribution in [0, 0.1) is 5.92 Å². The highest BCUT2D eigenvalue weighted by atomic mass is 19.3. The quantitative estimate of drug-likeness (QED) is 0.472. The van der Waals surface area contributed by atoms with Gasteiger partial charge in [0.1, 0.15) is 18.3 Å². The van der Waals surface area contributed by atoms with Gasteiger partial charge in [-0.2, -0.15) is 0 Å². The molecule has 1 saturated carbocycles. The van der Waals surface area contributed by atoms with E-state index in [0.29, 0.717) is 5.56 Å². The summed E-state index contributed by atoms with van der Waals surface area (Å²) in [6.45, 7) is 4.40. The maximum Gasteiger partial charge on any atom is 0.408 e. The zero-order valence-electron chi connectivity index (χ0n) is 19.6. The summed E-state index contributed by atoms with van der Waals surface area (Å²) in [5.41, 5.74) is 5.55. The molecule has 3 atom stereocenters. The topological polar surface area (TPSA) is 111 Å². The average Bonchev–Trinajstić information content (AvgIpc) is 2.75. The Morgan fingerprint density at radius 3 is 2.33 bits per heavy atom. The highest BCUT2D eigenvalue weighted by Gasteiger charge is 2.54. The zero-order valence-corrected chi connectivity index (χ0v) is 19.6. The molecule has 0 spiro atoms. The summed E-state index contributed by atoms with van der Waals surface area (Å²) in [7, 11) is 0. The number of carbonyl (C=O) groups excluding carboxylic acids is 2. The second-order valence-corrected chi connectivity index (χ2v) is 9.70. The number of alkyl carbamates (subject to hydrolysis) is 1. The molecule has 0 saturated heterocycles. The van der Waals surface area contributed by atoms with Gasteiger partial charge in [-0.25, -0.2) is 18.4 Å². The number of benzene rings is 1. The van der Waals surface area contributed by atoms with Crippen LogP contribution in [-0.2, 0) is 20.9 Å². The normalized spacial score (nSPS) is 18.2. The van der Waals surface area contributed by atoms with Crippen LogP contribution in [0.15, 0.2) is 30.3 Å². The summed E-state index contributed by atoms with van der Waals surface area (Å²) >= 11 is 0. The molecular weight excluding hydrogens is 434 g/mol. The van der Waals surface area contributed by atoms with E-state index in [9.17, 15) is 14.7 Å². The van der Waals surface area contributed by atoms with E-state index >= 15 is 8.78 Å². The summed E-state index contributed by atoms with van der Waals surface area (Å²) in [4.78, 5) is 24.9. The van der Waals surface area contributed by atoms with Gasteiger partial charge in [-0.3, -0.25) is 0 Å². The van der Waals surface area contributed by atoms with Gasteiger partial charge in [0.2, 0.25) is 0 Å². The molecule has 1 aromatic rings. The Hall–Kier alpha value is -2.26. The van der Waals surface area contributed by atoms with Crippen LogP contribution in [0.5, 0.6) is 0 Å². The van der Waals surface area contributed by atoms with E-state index in [1.807, 2.05) is 5.32 Å². The minimum Gasteiger partial charge on any atom is -0.459 e. The van der Waals surface area contributed by atoms with Gasteiger partial charge >= 0.3 is 18.0 Å². The standard InChI is InChI=1S/C24H36F2N2O5/c1-23(2,3)33-22(31)28-19(21(30)32-15-17-12-8-5-9-13-17)24(25,26)20(29)18(27)14-16-10-6-4-7-11-16/h5,8-9,12-13,16,18-20,29H,4,6-7,10-11,14-15,27H2,1-3H3,(H,28,31). The van der Waals surface area contributed by atoms with Gasteiger partial charge in [0.25, 0.3) is 0 Å². The van der Waals surface area contributed by atoms with Crippen molar-refractivity contribution in [3.8, 4) is 0 Å². The maximum absolute atomic E-state index is 15.4. The first kappa shape index (κ1) is 27.0. The van der Waals surface area contributed by atoms with Crippen LogP contribution in [0.2, 0.25) is 0 Å². The zero-order chi connectivity index (χ0) is 24.6. The molecular formula is C24H36F2N2O5. The van der Waals surface area contributed by atoms with E-state index in [1.165, 1.54) is 0 Å². The Balaban J connectivity index is 2.15. The van der Waals surface area contributed by atoms with Crippen LogP contribution in [0.25, 0.3) is 0 Å². The lowest BCUT2D eigenvalue weighted by atomic mass is 9.82. The second-order valence-electron chi connectivity index (χ2n) is 9.70. The highest BCUT2D eigenvalue weighted by Crippen LogP contribution is 2.32. The fourth-order valence-electron chi connectivity index (χ4n) is 3.94. The molecule has 0 heterocycles. The molecule has 0 aliphatic heterocycles. The largest absolute Gasteiger partial charge is 0.459 e. The molecule has 4 N–H and O–H groups in total. The number of hydrogen-bond acceptors (Lipinski definition) is 6. The lowest BCUT2D eigenvalue weighted by molar-refractivity contribution is -0.176. The third kappa shape index (κ3) is 8.55. The van der Waals surface area contributed by atoms with Gasteiger partial charge in [0.15, 0.2) is 6.04 Å². The van der Waals surface area contributed by atoms with E-state index in [-0.39, 0.29) is 18.9 Å². The monoisotopic (exact) mass is 470 g/mol. The number of esters is 1. The van der Waals surface area contributed by atoms with Crippen LogP contribution in [0.3, 0.4) is 0 Å². The van der Waals surface area contributed by atoms with Gasteiger partial charge in [0, 0.05) is 6.04 Å². The summed E-state index contributed by atoms with van der Waals surface area (Å²) < 4.78 is 40.8. The smallest absolute Gasteiger partial charge is 0.408 e. The predicted molar refractivity (Wildman–Crippen MR) is 120 cm³/mol. The maximum atomic E-state index is 15.4. The third-order valence-electron chi connectivity index (χ3n) is 5.64. The van der Waals surface area contributed by atoms with Crippen molar-refractivity contribution in [2.45, 2.75) is 95.6 Å². The Morgan fingerprint density at radius 1 is 1.15 bits per heavy atom. The van der Waals surface area contributed by atoms with Crippen molar-refractivity contribution in [1.82, 2.24) is 5.32 Å².